The number of nitrogens with two attached hydrogens (primary N) is 1. The molecule has 120 valence electrons. The predicted octanol–water partition coefficient (Wildman–Crippen LogP) is 3.71. The molecule has 0 aliphatic rings. The molecule has 0 atom stereocenters. The smallest absolute Gasteiger partial charge is 0.159 e. The molecule has 2 N–H and O–H groups in total. The number of ketones is 1. The quantitative estimate of drug-likeness (QED) is 0.502. The lowest BCUT2D eigenvalue weighted by Gasteiger charge is -2.08. The topological polar surface area (TPSA) is 55.4 Å². The van der Waals surface area contributed by atoms with Crippen molar-refractivity contribution in [3.8, 4) is 0 Å². The van der Waals surface area contributed by atoms with Gasteiger partial charge < -0.3 is 5.73 Å². The van der Waals surface area contributed by atoms with Crippen LogP contribution in [-0.2, 0) is 12.8 Å². The Labute approximate surface area is 138 Å². The maximum atomic E-state index is 11.4. The Morgan fingerprint density at radius 1 is 1.04 bits per heavy atom. The first kappa shape index (κ1) is 16.9. The van der Waals surface area contributed by atoms with Crippen LogP contribution in [-0.4, -0.2) is 18.7 Å². The third kappa shape index (κ3) is 4.52. The van der Waals surface area contributed by atoms with E-state index in [2.05, 4.69) is 30.1 Å². The molecule has 2 aromatic carbocycles. The fraction of sp³-hybridized carbons (Fsp3) is 0.300. The summed E-state index contributed by atoms with van der Waals surface area (Å²) in [5.74, 6) is 0.687. The van der Waals surface area contributed by atoms with E-state index in [-0.39, 0.29) is 5.78 Å². The maximum Gasteiger partial charge on any atom is 0.159 e. The molecule has 0 heterocycles. The third-order valence-electron chi connectivity index (χ3n) is 4.15. The van der Waals surface area contributed by atoms with E-state index in [4.69, 9.17) is 5.73 Å². The molecule has 3 nitrogen and oxygen atoms in total. The highest BCUT2D eigenvalue weighted by atomic mass is 16.1. The summed E-state index contributed by atoms with van der Waals surface area (Å²) in [6, 6.07) is 14.2. The lowest BCUT2D eigenvalue weighted by atomic mass is 9.97. The van der Waals surface area contributed by atoms with Crippen LogP contribution < -0.4 is 5.73 Å². The van der Waals surface area contributed by atoms with Gasteiger partial charge >= 0.3 is 0 Å². The van der Waals surface area contributed by atoms with E-state index in [1.165, 1.54) is 16.7 Å². The molecule has 2 rings (SSSR count). The number of benzene rings is 2. The monoisotopic (exact) mass is 308 g/mol. The Balaban J connectivity index is 1.93. The molecule has 3 heteroatoms. The first-order valence-electron chi connectivity index (χ1n) is 7.93. The number of hydrogen-bond donors (Lipinski definition) is 1. The van der Waals surface area contributed by atoms with Gasteiger partial charge in [-0.25, -0.2) is 0 Å². The van der Waals surface area contributed by atoms with Crippen LogP contribution in [0.25, 0.3) is 0 Å². The Morgan fingerprint density at radius 2 is 1.70 bits per heavy atom. The number of aliphatic imine (C=N–C) groups is 1. The number of carbonyl (C=O) groups is 1. The molecule has 0 amide bonds. The number of nitrogens with zero attached hydrogens (tertiary/aromatic N) is 1. The van der Waals surface area contributed by atoms with Crippen LogP contribution in [0.5, 0.6) is 0 Å². The molecule has 0 bridgehead atoms. The number of rotatable bonds is 6. The Morgan fingerprint density at radius 3 is 2.26 bits per heavy atom. The van der Waals surface area contributed by atoms with Crippen molar-refractivity contribution in [2.24, 2.45) is 10.7 Å². The van der Waals surface area contributed by atoms with Crippen molar-refractivity contribution >= 4 is 11.6 Å². The standard InChI is InChI=1S/C20H24N2O/c1-14-13-19(15(2)23)12-11-17(14)6-4-5-16-7-9-18(10-8-16)20(21)22-3/h7-13H,4-6H2,1-3H3,(H2,21,22). The third-order valence-corrected chi connectivity index (χ3v) is 4.15. The van der Waals surface area contributed by atoms with Gasteiger partial charge in [0.15, 0.2) is 5.78 Å². The fourth-order valence-electron chi connectivity index (χ4n) is 2.65. The highest BCUT2D eigenvalue weighted by Crippen LogP contribution is 2.15. The zero-order valence-corrected chi connectivity index (χ0v) is 14.1. The van der Waals surface area contributed by atoms with Crippen LogP contribution >= 0.6 is 0 Å². The van der Waals surface area contributed by atoms with Crippen LogP contribution in [0.1, 0.15) is 46.0 Å². The molecule has 2 aromatic rings. The minimum atomic E-state index is 0.120. The number of hydrogen-bond acceptors (Lipinski definition) is 2. The minimum Gasteiger partial charge on any atom is -0.384 e. The summed E-state index contributed by atoms with van der Waals surface area (Å²) < 4.78 is 0. The molecular formula is C20H24N2O. The lowest BCUT2D eigenvalue weighted by molar-refractivity contribution is 0.101. The number of aryl methyl sites for hydroxylation is 3. The number of carbonyl (C=O) groups excluding carboxylic acids is 1. The van der Waals surface area contributed by atoms with E-state index in [9.17, 15) is 4.79 Å². The van der Waals surface area contributed by atoms with Crippen molar-refractivity contribution in [2.45, 2.75) is 33.1 Å². The summed E-state index contributed by atoms with van der Waals surface area (Å²) in [7, 11) is 1.70. The second kappa shape index (κ2) is 7.73. The number of amidine groups is 1. The van der Waals surface area contributed by atoms with E-state index in [1.807, 2.05) is 24.3 Å². The second-order valence-electron chi connectivity index (χ2n) is 5.86. The van der Waals surface area contributed by atoms with Crippen LogP contribution in [0, 0.1) is 6.92 Å². The van der Waals surface area contributed by atoms with Gasteiger partial charge in [-0.05, 0) is 55.9 Å². The minimum absolute atomic E-state index is 0.120. The maximum absolute atomic E-state index is 11.4. The zero-order chi connectivity index (χ0) is 16.8. The largest absolute Gasteiger partial charge is 0.384 e. The summed E-state index contributed by atoms with van der Waals surface area (Å²) in [5.41, 5.74) is 11.4. The SMILES string of the molecule is CN=C(N)c1ccc(CCCc2ccc(C(C)=O)cc2C)cc1. The van der Waals surface area contributed by atoms with Crippen molar-refractivity contribution < 1.29 is 4.79 Å². The predicted molar refractivity (Wildman–Crippen MR) is 96.3 cm³/mol. The first-order chi connectivity index (χ1) is 11.0. The van der Waals surface area contributed by atoms with Crippen molar-refractivity contribution in [2.75, 3.05) is 7.05 Å². The van der Waals surface area contributed by atoms with Crippen LogP contribution in [0.2, 0.25) is 0 Å². The van der Waals surface area contributed by atoms with Gasteiger partial charge in [-0.15, -0.1) is 0 Å². The summed E-state index contributed by atoms with van der Waals surface area (Å²) in [4.78, 5) is 15.4. The van der Waals surface area contributed by atoms with Gasteiger partial charge in [-0.1, -0.05) is 36.4 Å². The van der Waals surface area contributed by atoms with Gasteiger partial charge in [-0.3, -0.25) is 9.79 Å². The Kier molecular flexibility index (Phi) is 5.69. The summed E-state index contributed by atoms with van der Waals surface area (Å²) in [5, 5.41) is 0. The van der Waals surface area contributed by atoms with Crippen LogP contribution in [0.3, 0.4) is 0 Å². The molecule has 0 aromatic heterocycles. The second-order valence-corrected chi connectivity index (χ2v) is 5.86. The molecule has 0 fully saturated rings. The van der Waals surface area contributed by atoms with Crippen molar-refractivity contribution in [3.63, 3.8) is 0 Å². The molecule has 0 saturated heterocycles. The lowest BCUT2D eigenvalue weighted by Crippen LogP contribution is -2.12. The first-order valence-corrected chi connectivity index (χ1v) is 7.93. The fourth-order valence-corrected chi connectivity index (χ4v) is 2.65. The summed E-state index contributed by atoms with van der Waals surface area (Å²) in [6.45, 7) is 3.68. The average Bonchev–Trinajstić information content (AvgIpc) is 2.56. The molecule has 0 unspecified atom stereocenters. The van der Waals surface area contributed by atoms with Gasteiger partial charge in [0.1, 0.15) is 5.84 Å². The van der Waals surface area contributed by atoms with E-state index >= 15 is 0 Å². The molecule has 0 radical (unpaired) electrons. The van der Waals surface area contributed by atoms with E-state index < -0.39 is 0 Å². The van der Waals surface area contributed by atoms with Gasteiger partial charge in [-0.2, -0.15) is 0 Å². The van der Waals surface area contributed by atoms with Crippen LogP contribution in [0.15, 0.2) is 47.5 Å². The van der Waals surface area contributed by atoms with Crippen LogP contribution in [0.4, 0.5) is 0 Å². The average molecular weight is 308 g/mol. The van der Waals surface area contributed by atoms with Gasteiger partial charge in [0, 0.05) is 18.2 Å². The van der Waals surface area contributed by atoms with Gasteiger partial charge in [0.2, 0.25) is 0 Å². The van der Waals surface area contributed by atoms with Gasteiger partial charge in [0.05, 0.1) is 0 Å². The van der Waals surface area contributed by atoms with E-state index in [1.54, 1.807) is 14.0 Å². The Bertz CT molecular complexity index is 715. The number of Topliss-reactive ketones (excluding diaryl/α,β-unsaturated/α-hetero) is 1. The van der Waals surface area contributed by atoms with Crippen molar-refractivity contribution in [1.29, 1.82) is 0 Å². The Hall–Kier alpha value is -2.42. The van der Waals surface area contributed by atoms with Crippen molar-refractivity contribution in [3.05, 3.63) is 70.3 Å². The highest BCUT2D eigenvalue weighted by molar-refractivity contribution is 5.97. The molecule has 0 aliphatic carbocycles. The summed E-state index contributed by atoms with van der Waals surface area (Å²) in [6.07, 6.45) is 3.12. The molecule has 0 aliphatic heterocycles. The molecule has 0 spiro atoms. The summed E-state index contributed by atoms with van der Waals surface area (Å²) >= 11 is 0. The zero-order valence-electron chi connectivity index (χ0n) is 14.1. The molecular weight excluding hydrogens is 284 g/mol. The van der Waals surface area contributed by atoms with Crippen molar-refractivity contribution in [1.82, 2.24) is 0 Å². The van der Waals surface area contributed by atoms with Gasteiger partial charge in [0.25, 0.3) is 0 Å². The van der Waals surface area contributed by atoms with E-state index in [0.717, 1.165) is 30.4 Å². The normalized spacial score (nSPS) is 11.5. The van der Waals surface area contributed by atoms with E-state index in [0.29, 0.717) is 5.84 Å². The highest BCUT2D eigenvalue weighted by Gasteiger charge is 2.04. The molecule has 23 heavy (non-hydrogen) atoms. The molecule has 0 saturated carbocycles.